The van der Waals surface area contributed by atoms with Crippen LogP contribution in [-0.2, 0) is 11.3 Å². The molecule has 2 N–H and O–H groups in total. The molecule has 0 aliphatic heterocycles. The average molecular weight is 345 g/mol. The Bertz CT molecular complexity index is 797. The van der Waals surface area contributed by atoms with Crippen molar-refractivity contribution in [3.63, 3.8) is 0 Å². The van der Waals surface area contributed by atoms with Gasteiger partial charge in [-0.3, -0.25) is 4.79 Å². The molecular formula is C18H19NO6. The molecule has 1 aliphatic rings. The third-order valence-electron chi connectivity index (χ3n) is 4.27. The zero-order valence-electron chi connectivity index (χ0n) is 13.9. The number of amides is 1. The maximum absolute atomic E-state index is 12.3. The Labute approximate surface area is 144 Å². The maximum atomic E-state index is 12.3. The number of carbonyl (C=O) groups is 2. The number of nitrogens with one attached hydrogen (secondary N) is 1. The van der Waals surface area contributed by atoms with Crippen molar-refractivity contribution in [3.8, 4) is 11.5 Å². The Balaban J connectivity index is 1.61. The maximum Gasteiger partial charge on any atom is 0.371 e. The van der Waals surface area contributed by atoms with Crippen LogP contribution < -0.4 is 14.8 Å². The molecule has 0 spiro atoms. The fourth-order valence-electron chi connectivity index (χ4n) is 2.85. The molecule has 2 atom stereocenters. The van der Waals surface area contributed by atoms with E-state index < -0.39 is 5.97 Å². The molecule has 3 rings (SSSR count). The number of ether oxygens (including phenoxy) is 2. The first-order chi connectivity index (χ1) is 12.0. The molecule has 2 unspecified atom stereocenters. The highest BCUT2D eigenvalue weighted by molar-refractivity contribution is 5.84. The monoisotopic (exact) mass is 345 g/mol. The highest BCUT2D eigenvalue weighted by Crippen LogP contribution is 2.51. The number of benzene rings is 1. The highest BCUT2D eigenvalue weighted by atomic mass is 16.5. The third kappa shape index (κ3) is 3.60. The van der Waals surface area contributed by atoms with E-state index in [-0.39, 0.29) is 30.0 Å². The van der Waals surface area contributed by atoms with Crippen LogP contribution in [0.3, 0.4) is 0 Å². The number of aromatic carboxylic acids is 1. The second kappa shape index (κ2) is 6.88. The second-order valence-electron chi connectivity index (χ2n) is 5.85. The summed E-state index contributed by atoms with van der Waals surface area (Å²) in [5.41, 5.74) is 0.952. The summed E-state index contributed by atoms with van der Waals surface area (Å²) in [6, 6.07) is 8.45. The molecule has 0 saturated heterocycles. The smallest absolute Gasteiger partial charge is 0.371 e. The summed E-state index contributed by atoms with van der Waals surface area (Å²) in [6.07, 6.45) is 0.730. The topological polar surface area (TPSA) is 98.0 Å². The predicted molar refractivity (Wildman–Crippen MR) is 87.9 cm³/mol. The largest absolute Gasteiger partial charge is 0.497 e. The van der Waals surface area contributed by atoms with E-state index in [0.29, 0.717) is 5.76 Å². The van der Waals surface area contributed by atoms with Crippen LogP contribution >= 0.6 is 0 Å². The van der Waals surface area contributed by atoms with Gasteiger partial charge in [0.15, 0.2) is 0 Å². The van der Waals surface area contributed by atoms with Crippen LogP contribution in [0.15, 0.2) is 34.7 Å². The minimum Gasteiger partial charge on any atom is -0.497 e. The molecule has 0 bridgehead atoms. The number of carbonyl (C=O) groups excluding carboxylic acids is 1. The normalized spacial score (nSPS) is 18.5. The van der Waals surface area contributed by atoms with Crippen LogP contribution in [0.5, 0.6) is 11.5 Å². The summed E-state index contributed by atoms with van der Waals surface area (Å²) in [6.45, 7) is 0.157. The van der Waals surface area contributed by atoms with Gasteiger partial charge in [0.25, 0.3) is 0 Å². The van der Waals surface area contributed by atoms with Gasteiger partial charge in [-0.25, -0.2) is 4.79 Å². The van der Waals surface area contributed by atoms with E-state index in [2.05, 4.69) is 5.32 Å². The van der Waals surface area contributed by atoms with Crippen molar-refractivity contribution in [2.75, 3.05) is 14.2 Å². The van der Waals surface area contributed by atoms with Crippen LogP contribution in [-0.4, -0.2) is 31.2 Å². The molecule has 7 nitrogen and oxygen atoms in total. The first-order valence-corrected chi connectivity index (χ1v) is 7.85. The number of carboxylic acids is 1. The predicted octanol–water partition coefficient (Wildman–Crippen LogP) is 2.41. The van der Waals surface area contributed by atoms with Gasteiger partial charge in [-0.2, -0.15) is 0 Å². The zero-order valence-corrected chi connectivity index (χ0v) is 13.9. The van der Waals surface area contributed by atoms with Crippen molar-refractivity contribution < 1.29 is 28.6 Å². The number of furan rings is 1. The molecular weight excluding hydrogens is 326 g/mol. The van der Waals surface area contributed by atoms with E-state index in [0.717, 1.165) is 23.5 Å². The molecule has 2 aromatic rings. The van der Waals surface area contributed by atoms with E-state index in [1.165, 1.54) is 6.07 Å². The molecule has 0 radical (unpaired) electrons. The summed E-state index contributed by atoms with van der Waals surface area (Å²) < 4.78 is 15.7. The van der Waals surface area contributed by atoms with Gasteiger partial charge in [0, 0.05) is 17.4 Å². The van der Waals surface area contributed by atoms with Crippen molar-refractivity contribution in [1.82, 2.24) is 5.32 Å². The number of hydrogen-bond acceptors (Lipinski definition) is 5. The fraction of sp³-hybridized carbons (Fsp3) is 0.333. The van der Waals surface area contributed by atoms with E-state index in [1.807, 2.05) is 18.2 Å². The lowest BCUT2D eigenvalue weighted by atomic mass is 10.1. The Hall–Kier alpha value is -2.96. The summed E-state index contributed by atoms with van der Waals surface area (Å²) in [5, 5.41) is 11.6. The van der Waals surface area contributed by atoms with Crippen LogP contribution in [0.4, 0.5) is 0 Å². The molecule has 1 saturated carbocycles. The summed E-state index contributed by atoms with van der Waals surface area (Å²) in [4.78, 5) is 23.1. The van der Waals surface area contributed by atoms with Crippen molar-refractivity contribution in [2.45, 2.75) is 18.9 Å². The Morgan fingerprint density at radius 1 is 1.24 bits per heavy atom. The summed E-state index contributed by atoms with van der Waals surface area (Å²) in [5.74, 6) is 0.424. The molecule has 1 aliphatic carbocycles. The number of carboxylic acid groups (broad SMARTS) is 1. The number of methoxy groups -OCH3 is 2. The lowest BCUT2D eigenvalue weighted by Crippen LogP contribution is -2.24. The van der Waals surface area contributed by atoms with Crippen LogP contribution in [0.2, 0.25) is 0 Å². The Morgan fingerprint density at radius 2 is 2.04 bits per heavy atom. The van der Waals surface area contributed by atoms with E-state index >= 15 is 0 Å². The van der Waals surface area contributed by atoms with Crippen LogP contribution in [0, 0.1) is 5.92 Å². The molecule has 1 amide bonds. The molecule has 7 heteroatoms. The highest BCUT2D eigenvalue weighted by Gasteiger charge is 2.45. The van der Waals surface area contributed by atoms with Gasteiger partial charge in [-0.15, -0.1) is 0 Å². The third-order valence-corrected chi connectivity index (χ3v) is 4.27. The quantitative estimate of drug-likeness (QED) is 0.800. The van der Waals surface area contributed by atoms with Crippen LogP contribution in [0.1, 0.15) is 34.2 Å². The Morgan fingerprint density at radius 3 is 2.68 bits per heavy atom. The lowest BCUT2D eigenvalue weighted by Gasteiger charge is -2.10. The second-order valence-corrected chi connectivity index (χ2v) is 5.85. The first-order valence-electron chi connectivity index (χ1n) is 7.85. The molecule has 1 aromatic carbocycles. The van der Waals surface area contributed by atoms with Crippen molar-refractivity contribution in [1.29, 1.82) is 0 Å². The first kappa shape index (κ1) is 16.9. The van der Waals surface area contributed by atoms with E-state index in [4.69, 9.17) is 19.0 Å². The van der Waals surface area contributed by atoms with Crippen molar-refractivity contribution in [2.24, 2.45) is 5.92 Å². The van der Waals surface area contributed by atoms with Gasteiger partial charge in [-0.1, -0.05) is 0 Å². The van der Waals surface area contributed by atoms with Crippen molar-refractivity contribution >= 4 is 11.9 Å². The van der Waals surface area contributed by atoms with Gasteiger partial charge >= 0.3 is 5.97 Å². The molecule has 25 heavy (non-hydrogen) atoms. The Kier molecular flexibility index (Phi) is 4.65. The average Bonchev–Trinajstić information content (AvgIpc) is 3.28. The molecule has 1 heterocycles. The molecule has 1 aromatic heterocycles. The fourth-order valence-corrected chi connectivity index (χ4v) is 2.85. The van der Waals surface area contributed by atoms with Crippen LogP contribution in [0.25, 0.3) is 0 Å². The molecule has 132 valence electrons. The van der Waals surface area contributed by atoms with Gasteiger partial charge in [0.1, 0.15) is 17.3 Å². The van der Waals surface area contributed by atoms with Gasteiger partial charge in [0.05, 0.1) is 20.8 Å². The van der Waals surface area contributed by atoms with Crippen molar-refractivity contribution in [3.05, 3.63) is 47.4 Å². The minimum absolute atomic E-state index is 0.0798. The number of rotatable bonds is 7. The molecule has 1 fully saturated rings. The van der Waals surface area contributed by atoms with Gasteiger partial charge < -0.3 is 24.3 Å². The summed E-state index contributed by atoms with van der Waals surface area (Å²) in [7, 11) is 3.19. The zero-order chi connectivity index (χ0) is 18.0. The van der Waals surface area contributed by atoms with E-state index in [9.17, 15) is 9.59 Å². The summed E-state index contributed by atoms with van der Waals surface area (Å²) >= 11 is 0. The van der Waals surface area contributed by atoms with Gasteiger partial charge in [0.2, 0.25) is 11.7 Å². The van der Waals surface area contributed by atoms with E-state index in [1.54, 1.807) is 20.3 Å². The standard InChI is InChI=1S/C18H19NO6/c1-23-10-3-5-15(24-2)13(7-10)12-8-14(12)17(20)19-9-11-4-6-16(25-11)18(21)22/h3-7,12,14H,8-9H2,1-2H3,(H,19,20)(H,21,22). The van der Waals surface area contributed by atoms with Gasteiger partial charge in [-0.05, 0) is 36.8 Å². The lowest BCUT2D eigenvalue weighted by molar-refractivity contribution is -0.122. The number of hydrogen-bond donors (Lipinski definition) is 2. The SMILES string of the molecule is COc1ccc(OC)c(C2CC2C(=O)NCc2ccc(C(=O)O)o2)c1. The minimum atomic E-state index is -1.13.